The van der Waals surface area contributed by atoms with Crippen molar-refractivity contribution in [3.63, 3.8) is 0 Å². The third kappa shape index (κ3) is 2.88. The predicted molar refractivity (Wildman–Crippen MR) is 80.4 cm³/mol. The summed E-state index contributed by atoms with van der Waals surface area (Å²) in [5, 5.41) is 0. The first kappa shape index (κ1) is 13.3. The second-order valence-electron chi connectivity index (χ2n) is 4.43. The Morgan fingerprint density at radius 1 is 1.15 bits per heavy atom. The maximum atomic E-state index is 5.81. The van der Waals surface area contributed by atoms with Gasteiger partial charge in [0.15, 0.2) is 5.82 Å². The van der Waals surface area contributed by atoms with Crippen LogP contribution in [-0.2, 0) is 4.74 Å². The van der Waals surface area contributed by atoms with Gasteiger partial charge in [-0.25, -0.2) is 0 Å². The molecule has 0 spiro atoms. The van der Waals surface area contributed by atoms with Crippen LogP contribution in [0.4, 0.5) is 11.9 Å². The molecule has 7 heteroatoms. The molecule has 3 rings (SSSR count). The molecule has 1 saturated heterocycles. The molecule has 0 aliphatic carbocycles. The molecule has 104 valence electrons. The van der Waals surface area contributed by atoms with Crippen LogP contribution in [0.15, 0.2) is 28.7 Å². The minimum Gasteiger partial charge on any atom is -0.378 e. The molecule has 0 atom stereocenters. The van der Waals surface area contributed by atoms with E-state index in [4.69, 9.17) is 10.5 Å². The molecular formula is C13H14BrN5O. The number of hydrogen-bond donors (Lipinski definition) is 1. The lowest BCUT2D eigenvalue weighted by Gasteiger charge is -2.26. The van der Waals surface area contributed by atoms with E-state index in [1.54, 1.807) is 0 Å². The summed E-state index contributed by atoms with van der Waals surface area (Å²) < 4.78 is 6.31. The van der Waals surface area contributed by atoms with E-state index >= 15 is 0 Å². The van der Waals surface area contributed by atoms with Crippen LogP contribution in [0.3, 0.4) is 0 Å². The van der Waals surface area contributed by atoms with Crippen LogP contribution >= 0.6 is 15.9 Å². The standard InChI is InChI=1S/C13H14BrN5O/c14-10-3-1-2-9(8-10)11-16-12(15)18-13(17-11)19-4-6-20-7-5-19/h1-3,8H,4-7H2,(H2,15,16,17,18). The summed E-state index contributed by atoms with van der Waals surface area (Å²) in [6.07, 6.45) is 0. The van der Waals surface area contributed by atoms with Crippen LogP contribution in [0, 0.1) is 0 Å². The molecule has 0 unspecified atom stereocenters. The van der Waals surface area contributed by atoms with Crippen LogP contribution < -0.4 is 10.6 Å². The Bertz CT molecular complexity index is 615. The number of morpholine rings is 1. The van der Waals surface area contributed by atoms with Crippen molar-refractivity contribution in [1.82, 2.24) is 15.0 Å². The second kappa shape index (κ2) is 5.72. The lowest BCUT2D eigenvalue weighted by atomic mass is 10.2. The molecule has 1 aromatic heterocycles. The monoisotopic (exact) mass is 335 g/mol. The van der Waals surface area contributed by atoms with Crippen LogP contribution in [0.1, 0.15) is 0 Å². The van der Waals surface area contributed by atoms with Crippen molar-refractivity contribution in [2.45, 2.75) is 0 Å². The number of nitrogens with zero attached hydrogens (tertiary/aromatic N) is 4. The van der Waals surface area contributed by atoms with Crippen molar-refractivity contribution in [2.24, 2.45) is 0 Å². The molecule has 20 heavy (non-hydrogen) atoms. The van der Waals surface area contributed by atoms with Gasteiger partial charge >= 0.3 is 0 Å². The maximum Gasteiger partial charge on any atom is 0.230 e. The molecule has 1 aromatic carbocycles. The lowest BCUT2D eigenvalue weighted by molar-refractivity contribution is 0.122. The summed E-state index contributed by atoms with van der Waals surface area (Å²) in [4.78, 5) is 15.0. The van der Waals surface area contributed by atoms with Crippen molar-refractivity contribution in [3.8, 4) is 11.4 Å². The Morgan fingerprint density at radius 3 is 2.70 bits per heavy atom. The molecule has 1 aliphatic rings. The minimum atomic E-state index is 0.233. The Labute approximate surface area is 125 Å². The van der Waals surface area contributed by atoms with Crippen LogP contribution in [0.25, 0.3) is 11.4 Å². The fourth-order valence-electron chi connectivity index (χ4n) is 2.04. The minimum absolute atomic E-state index is 0.233. The highest BCUT2D eigenvalue weighted by molar-refractivity contribution is 9.10. The Balaban J connectivity index is 1.97. The third-order valence-electron chi connectivity index (χ3n) is 3.02. The summed E-state index contributed by atoms with van der Waals surface area (Å²) >= 11 is 3.44. The first-order chi connectivity index (χ1) is 9.72. The quantitative estimate of drug-likeness (QED) is 0.900. The van der Waals surface area contributed by atoms with Crippen molar-refractivity contribution in [1.29, 1.82) is 0 Å². The highest BCUT2D eigenvalue weighted by Gasteiger charge is 2.16. The number of hydrogen-bond acceptors (Lipinski definition) is 6. The van der Waals surface area contributed by atoms with E-state index in [0.717, 1.165) is 23.1 Å². The van der Waals surface area contributed by atoms with E-state index in [1.807, 2.05) is 24.3 Å². The Hall–Kier alpha value is -1.73. The number of rotatable bonds is 2. The molecule has 2 aromatic rings. The highest BCUT2D eigenvalue weighted by Crippen LogP contribution is 2.22. The van der Waals surface area contributed by atoms with Crippen LogP contribution in [0.2, 0.25) is 0 Å². The van der Waals surface area contributed by atoms with Gasteiger partial charge in [0.25, 0.3) is 0 Å². The van der Waals surface area contributed by atoms with Crippen molar-refractivity contribution in [2.75, 3.05) is 36.9 Å². The molecular weight excluding hydrogens is 322 g/mol. The molecule has 0 radical (unpaired) electrons. The Kier molecular flexibility index (Phi) is 3.79. The normalized spacial score (nSPS) is 15.3. The zero-order chi connectivity index (χ0) is 13.9. The summed E-state index contributed by atoms with van der Waals surface area (Å²) in [6.45, 7) is 2.89. The van der Waals surface area contributed by atoms with Gasteiger partial charge in [-0.05, 0) is 12.1 Å². The van der Waals surface area contributed by atoms with Gasteiger partial charge in [0.2, 0.25) is 11.9 Å². The third-order valence-corrected chi connectivity index (χ3v) is 3.51. The number of halogens is 1. The molecule has 6 nitrogen and oxygen atoms in total. The smallest absolute Gasteiger partial charge is 0.230 e. The summed E-state index contributed by atoms with van der Waals surface area (Å²) in [7, 11) is 0. The van der Waals surface area contributed by atoms with Gasteiger partial charge < -0.3 is 15.4 Å². The molecule has 1 aliphatic heterocycles. The molecule has 0 saturated carbocycles. The van der Waals surface area contributed by atoms with Gasteiger partial charge in [-0.2, -0.15) is 15.0 Å². The maximum absolute atomic E-state index is 5.81. The fraction of sp³-hybridized carbons (Fsp3) is 0.308. The van der Waals surface area contributed by atoms with E-state index in [9.17, 15) is 0 Å². The molecule has 0 bridgehead atoms. The zero-order valence-corrected chi connectivity index (χ0v) is 12.4. The van der Waals surface area contributed by atoms with E-state index in [0.29, 0.717) is 25.0 Å². The number of aromatic nitrogens is 3. The van der Waals surface area contributed by atoms with Gasteiger partial charge in [0.05, 0.1) is 13.2 Å². The topological polar surface area (TPSA) is 77.2 Å². The molecule has 2 heterocycles. The van der Waals surface area contributed by atoms with Gasteiger partial charge in [-0.1, -0.05) is 28.1 Å². The number of nitrogen functional groups attached to an aromatic ring is 1. The average Bonchev–Trinajstić information content (AvgIpc) is 2.47. The van der Waals surface area contributed by atoms with Gasteiger partial charge in [-0.3, -0.25) is 0 Å². The largest absolute Gasteiger partial charge is 0.378 e. The number of anilines is 2. The summed E-state index contributed by atoms with van der Waals surface area (Å²) in [5.74, 6) is 1.42. The predicted octanol–water partition coefficient (Wildman–Crippen LogP) is 1.72. The SMILES string of the molecule is Nc1nc(-c2cccc(Br)c2)nc(N2CCOCC2)n1. The first-order valence-corrected chi connectivity index (χ1v) is 7.12. The molecule has 1 fully saturated rings. The second-order valence-corrected chi connectivity index (χ2v) is 5.34. The zero-order valence-electron chi connectivity index (χ0n) is 10.8. The van der Waals surface area contributed by atoms with E-state index in [-0.39, 0.29) is 5.95 Å². The highest BCUT2D eigenvalue weighted by atomic mass is 79.9. The average molecular weight is 336 g/mol. The van der Waals surface area contributed by atoms with E-state index in [2.05, 4.69) is 35.8 Å². The summed E-state index contributed by atoms with van der Waals surface area (Å²) in [5.41, 5.74) is 6.72. The molecule has 0 amide bonds. The van der Waals surface area contributed by atoms with Crippen molar-refractivity contribution >= 4 is 27.8 Å². The molecule has 2 N–H and O–H groups in total. The first-order valence-electron chi connectivity index (χ1n) is 6.32. The van der Waals surface area contributed by atoms with Crippen LogP contribution in [0.5, 0.6) is 0 Å². The summed E-state index contributed by atoms with van der Waals surface area (Å²) in [6, 6.07) is 7.80. The van der Waals surface area contributed by atoms with Gasteiger partial charge in [0.1, 0.15) is 0 Å². The fourth-order valence-corrected chi connectivity index (χ4v) is 2.44. The lowest BCUT2D eigenvalue weighted by Crippen LogP contribution is -2.37. The van der Waals surface area contributed by atoms with Crippen molar-refractivity contribution in [3.05, 3.63) is 28.7 Å². The van der Waals surface area contributed by atoms with E-state index < -0.39 is 0 Å². The van der Waals surface area contributed by atoms with Gasteiger partial charge in [0, 0.05) is 23.1 Å². The van der Waals surface area contributed by atoms with E-state index in [1.165, 1.54) is 0 Å². The van der Waals surface area contributed by atoms with Crippen LogP contribution in [-0.4, -0.2) is 41.3 Å². The Morgan fingerprint density at radius 2 is 1.95 bits per heavy atom. The number of ether oxygens (including phenoxy) is 1. The number of nitrogens with two attached hydrogens (primary N) is 1. The van der Waals surface area contributed by atoms with Gasteiger partial charge in [-0.15, -0.1) is 0 Å². The van der Waals surface area contributed by atoms with Crippen molar-refractivity contribution < 1.29 is 4.74 Å². The number of benzene rings is 1.